The predicted molar refractivity (Wildman–Crippen MR) is 101 cm³/mol. The quantitative estimate of drug-likeness (QED) is 0.695. The summed E-state index contributed by atoms with van der Waals surface area (Å²) < 4.78 is 0. The molecule has 0 spiro atoms. The van der Waals surface area contributed by atoms with Gasteiger partial charge in [0.2, 0.25) is 5.91 Å². The second-order valence-electron chi connectivity index (χ2n) is 5.80. The van der Waals surface area contributed by atoms with Gasteiger partial charge >= 0.3 is 0 Å². The lowest BCUT2D eigenvalue weighted by atomic mass is 10.1. The van der Waals surface area contributed by atoms with Crippen molar-refractivity contribution in [2.75, 3.05) is 26.2 Å². The van der Waals surface area contributed by atoms with Gasteiger partial charge in [-0.2, -0.15) is 0 Å². The van der Waals surface area contributed by atoms with E-state index in [1.807, 2.05) is 18.2 Å². The molecule has 1 aromatic heterocycles. The molecule has 4 nitrogen and oxygen atoms in total. The van der Waals surface area contributed by atoms with E-state index < -0.39 is 0 Å². The summed E-state index contributed by atoms with van der Waals surface area (Å²) in [7, 11) is 0. The normalized spacial score (nSPS) is 11.0. The highest BCUT2D eigenvalue weighted by Gasteiger charge is 2.10. The highest BCUT2D eigenvalue weighted by atomic mass is 32.1. The van der Waals surface area contributed by atoms with Crippen LogP contribution in [0.2, 0.25) is 0 Å². The van der Waals surface area contributed by atoms with Crippen molar-refractivity contribution in [2.45, 2.75) is 26.3 Å². The van der Waals surface area contributed by atoms with E-state index in [4.69, 9.17) is 5.73 Å². The second-order valence-corrected chi connectivity index (χ2v) is 7.05. The predicted octanol–water partition coefficient (Wildman–Crippen LogP) is 2.43. The highest BCUT2D eigenvalue weighted by Crippen LogP contribution is 2.16. The van der Waals surface area contributed by atoms with Crippen molar-refractivity contribution in [3.63, 3.8) is 0 Å². The van der Waals surface area contributed by atoms with Gasteiger partial charge in [-0.3, -0.25) is 9.69 Å². The molecule has 0 saturated heterocycles. The van der Waals surface area contributed by atoms with Crippen LogP contribution in [0.5, 0.6) is 0 Å². The van der Waals surface area contributed by atoms with Gasteiger partial charge in [-0.05, 0) is 30.5 Å². The van der Waals surface area contributed by atoms with E-state index >= 15 is 0 Å². The van der Waals surface area contributed by atoms with Gasteiger partial charge in [-0.25, -0.2) is 0 Å². The lowest BCUT2D eigenvalue weighted by Gasteiger charge is -2.21. The summed E-state index contributed by atoms with van der Waals surface area (Å²) >= 11 is 1.76. The van der Waals surface area contributed by atoms with Crippen LogP contribution >= 0.6 is 11.3 Å². The van der Waals surface area contributed by atoms with Crippen molar-refractivity contribution in [2.24, 2.45) is 5.73 Å². The Labute approximate surface area is 148 Å². The molecule has 0 saturated carbocycles. The highest BCUT2D eigenvalue weighted by molar-refractivity contribution is 7.11. The van der Waals surface area contributed by atoms with Crippen LogP contribution in [-0.4, -0.2) is 37.0 Å². The number of hydrogen-bond donors (Lipinski definition) is 2. The van der Waals surface area contributed by atoms with Crippen LogP contribution in [0.15, 0.2) is 42.5 Å². The topological polar surface area (TPSA) is 58.4 Å². The Hall–Kier alpha value is -1.69. The first kappa shape index (κ1) is 18.6. The minimum absolute atomic E-state index is 0.0583. The molecular weight excluding hydrogens is 318 g/mol. The molecule has 0 radical (unpaired) electrons. The SMILES string of the molecule is CCc1ccc(CNC(=O)CN(CCN)CCc2ccccc2)s1. The lowest BCUT2D eigenvalue weighted by molar-refractivity contribution is -0.122. The first-order valence-corrected chi connectivity index (χ1v) is 9.33. The van der Waals surface area contributed by atoms with Gasteiger partial charge in [-0.15, -0.1) is 11.3 Å². The van der Waals surface area contributed by atoms with Crippen molar-refractivity contribution in [3.05, 3.63) is 57.8 Å². The molecule has 0 aliphatic heterocycles. The van der Waals surface area contributed by atoms with Crippen molar-refractivity contribution < 1.29 is 4.79 Å². The fraction of sp³-hybridized carbons (Fsp3) is 0.421. The van der Waals surface area contributed by atoms with Gasteiger partial charge in [0.15, 0.2) is 0 Å². The molecule has 0 bridgehead atoms. The third kappa shape index (κ3) is 6.43. The van der Waals surface area contributed by atoms with Crippen LogP contribution in [0.4, 0.5) is 0 Å². The molecule has 24 heavy (non-hydrogen) atoms. The molecule has 1 aromatic carbocycles. The number of carbonyl (C=O) groups excluding carboxylic acids is 1. The molecule has 1 amide bonds. The number of amides is 1. The van der Waals surface area contributed by atoms with Gasteiger partial charge in [0.25, 0.3) is 0 Å². The Balaban J connectivity index is 1.77. The van der Waals surface area contributed by atoms with E-state index in [1.165, 1.54) is 15.3 Å². The third-order valence-corrected chi connectivity index (χ3v) is 5.13. The Morgan fingerprint density at radius 2 is 1.88 bits per heavy atom. The maximum Gasteiger partial charge on any atom is 0.234 e. The van der Waals surface area contributed by atoms with E-state index in [0.717, 1.165) is 25.9 Å². The standard InChI is InChI=1S/C19H27N3OS/c1-2-17-8-9-18(24-17)14-21-19(23)15-22(13-11-20)12-10-16-6-4-3-5-7-16/h3-9H,2,10-15,20H2,1H3,(H,21,23). The number of benzene rings is 1. The largest absolute Gasteiger partial charge is 0.350 e. The monoisotopic (exact) mass is 345 g/mol. The number of nitrogens with two attached hydrogens (primary N) is 1. The average molecular weight is 346 g/mol. The van der Waals surface area contributed by atoms with Gasteiger partial charge in [-0.1, -0.05) is 37.3 Å². The molecule has 0 atom stereocenters. The van der Waals surface area contributed by atoms with Gasteiger partial charge in [0.05, 0.1) is 13.1 Å². The van der Waals surface area contributed by atoms with Gasteiger partial charge in [0, 0.05) is 29.4 Å². The summed E-state index contributed by atoms with van der Waals surface area (Å²) in [5.74, 6) is 0.0583. The third-order valence-electron chi connectivity index (χ3n) is 3.90. The van der Waals surface area contributed by atoms with Crippen molar-refractivity contribution in [1.82, 2.24) is 10.2 Å². The molecule has 5 heteroatoms. The van der Waals surface area contributed by atoms with Crippen LogP contribution in [0.3, 0.4) is 0 Å². The van der Waals surface area contributed by atoms with Crippen molar-refractivity contribution in [3.8, 4) is 0 Å². The summed E-state index contributed by atoms with van der Waals surface area (Å²) in [5.41, 5.74) is 6.97. The van der Waals surface area contributed by atoms with E-state index in [0.29, 0.717) is 19.6 Å². The molecule has 0 aliphatic carbocycles. The minimum Gasteiger partial charge on any atom is -0.350 e. The zero-order valence-electron chi connectivity index (χ0n) is 14.3. The van der Waals surface area contributed by atoms with Gasteiger partial charge in [0.1, 0.15) is 0 Å². The molecule has 2 rings (SSSR count). The number of nitrogens with zero attached hydrogens (tertiary/aromatic N) is 1. The number of hydrogen-bond acceptors (Lipinski definition) is 4. The molecule has 0 aliphatic rings. The number of aryl methyl sites for hydroxylation is 1. The van der Waals surface area contributed by atoms with Crippen LogP contribution in [-0.2, 0) is 24.2 Å². The molecule has 0 unspecified atom stereocenters. The average Bonchev–Trinajstić information content (AvgIpc) is 3.07. The van der Waals surface area contributed by atoms with E-state index in [2.05, 4.69) is 41.4 Å². The summed E-state index contributed by atoms with van der Waals surface area (Å²) in [6.07, 6.45) is 1.97. The van der Waals surface area contributed by atoms with Crippen LogP contribution in [0.1, 0.15) is 22.2 Å². The van der Waals surface area contributed by atoms with Gasteiger partial charge < -0.3 is 11.1 Å². The van der Waals surface area contributed by atoms with Crippen LogP contribution in [0, 0.1) is 0 Å². The van der Waals surface area contributed by atoms with Crippen molar-refractivity contribution in [1.29, 1.82) is 0 Å². The molecule has 1 heterocycles. The number of nitrogens with one attached hydrogen (secondary N) is 1. The molecule has 3 N–H and O–H groups in total. The summed E-state index contributed by atoms with van der Waals surface area (Å²) in [5, 5.41) is 3.01. The molecule has 130 valence electrons. The van der Waals surface area contributed by atoms with Crippen molar-refractivity contribution >= 4 is 17.2 Å². The maximum atomic E-state index is 12.2. The summed E-state index contributed by atoms with van der Waals surface area (Å²) in [6, 6.07) is 14.6. The van der Waals surface area contributed by atoms with Crippen LogP contribution < -0.4 is 11.1 Å². The van der Waals surface area contributed by atoms with Crippen LogP contribution in [0.25, 0.3) is 0 Å². The number of carbonyl (C=O) groups is 1. The summed E-state index contributed by atoms with van der Waals surface area (Å²) in [4.78, 5) is 16.9. The Bertz CT molecular complexity index is 612. The zero-order chi connectivity index (χ0) is 17.2. The fourth-order valence-corrected chi connectivity index (χ4v) is 3.43. The Morgan fingerprint density at radius 3 is 2.54 bits per heavy atom. The first-order chi connectivity index (χ1) is 11.7. The molecule has 2 aromatic rings. The number of rotatable bonds is 10. The van der Waals surface area contributed by atoms with E-state index in [1.54, 1.807) is 11.3 Å². The zero-order valence-corrected chi connectivity index (χ0v) is 15.1. The minimum atomic E-state index is 0.0583. The molecular formula is C19H27N3OS. The lowest BCUT2D eigenvalue weighted by Crippen LogP contribution is -2.40. The Morgan fingerprint density at radius 1 is 1.12 bits per heavy atom. The molecule has 0 fully saturated rings. The fourth-order valence-electron chi connectivity index (χ4n) is 2.54. The van der Waals surface area contributed by atoms with E-state index in [-0.39, 0.29) is 5.91 Å². The second kappa shape index (κ2) is 10.2. The summed E-state index contributed by atoms with van der Waals surface area (Å²) in [6.45, 7) is 5.29. The Kier molecular flexibility index (Phi) is 7.95. The van der Waals surface area contributed by atoms with E-state index in [9.17, 15) is 4.79 Å². The smallest absolute Gasteiger partial charge is 0.234 e. The maximum absolute atomic E-state index is 12.2. The number of thiophene rings is 1. The first-order valence-electron chi connectivity index (χ1n) is 8.52.